The lowest BCUT2D eigenvalue weighted by Gasteiger charge is -2.31. The van der Waals surface area contributed by atoms with Crippen LogP contribution in [0.15, 0.2) is 212 Å². The third kappa shape index (κ3) is 5.63. The second-order valence-corrected chi connectivity index (χ2v) is 15.3. The quantitative estimate of drug-likeness (QED) is 0.159. The van der Waals surface area contributed by atoms with Gasteiger partial charge in [0.05, 0.1) is 5.69 Å². The molecule has 0 fully saturated rings. The third-order valence-electron chi connectivity index (χ3n) is 11.6. The van der Waals surface area contributed by atoms with Crippen LogP contribution in [0.4, 0.5) is 17.1 Å². The molecule has 1 nitrogen and oxygen atoms in total. The molecule has 1 aliphatic rings. The number of anilines is 3. The average Bonchev–Trinajstić information content (AvgIpc) is 3.50. The molecule has 9 aromatic rings. The third-order valence-corrected chi connectivity index (χ3v) is 11.6. The molecule has 266 valence electrons. The van der Waals surface area contributed by atoms with Gasteiger partial charge in [0.2, 0.25) is 0 Å². The summed E-state index contributed by atoms with van der Waals surface area (Å²) < 4.78 is 0. The SMILES string of the molecule is CC1(C)c2ccccc2-c2cccc(-c3cccc(N(c4ccc5ccccc5c4)c4cccc(-c5ccccc5)c4-c4ccccc4-c4ccccc4)c3)c21. The molecule has 9 aromatic carbocycles. The maximum absolute atomic E-state index is 2.47. The highest BCUT2D eigenvalue weighted by Crippen LogP contribution is 2.53. The summed E-state index contributed by atoms with van der Waals surface area (Å²) in [4.78, 5) is 2.47. The van der Waals surface area contributed by atoms with E-state index in [0.717, 1.165) is 17.1 Å². The fourth-order valence-electron chi connectivity index (χ4n) is 9.08. The summed E-state index contributed by atoms with van der Waals surface area (Å²) in [6.45, 7) is 4.75. The van der Waals surface area contributed by atoms with E-state index in [-0.39, 0.29) is 5.41 Å². The van der Waals surface area contributed by atoms with Gasteiger partial charge in [0, 0.05) is 22.4 Å². The van der Waals surface area contributed by atoms with Crippen molar-refractivity contribution in [3.63, 3.8) is 0 Å². The highest BCUT2D eigenvalue weighted by atomic mass is 15.1. The summed E-state index contributed by atoms with van der Waals surface area (Å²) >= 11 is 0. The first-order chi connectivity index (χ1) is 27.6. The number of nitrogens with zero attached hydrogens (tertiary/aromatic N) is 1. The van der Waals surface area contributed by atoms with E-state index in [0.29, 0.717) is 0 Å². The first-order valence-corrected chi connectivity index (χ1v) is 19.5. The molecule has 0 atom stereocenters. The summed E-state index contributed by atoms with van der Waals surface area (Å²) in [5.41, 5.74) is 18.3. The van der Waals surface area contributed by atoms with Gasteiger partial charge in [-0.25, -0.2) is 0 Å². The van der Waals surface area contributed by atoms with Crippen molar-refractivity contribution in [3.05, 3.63) is 223 Å². The molecule has 56 heavy (non-hydrogen) atoms. The maximum atomic E-state index is 2.47. The van der Waals surface area contributed by atoms with Gasteiger partial charge in [-0.2, -0.15) is 0 Å². The van der Waals surface area contributed by atoms with Gasteiger partial charge < -0.3 is 4.90 Å². The van der Waals surface area contributed by atoms with Gasteiger partial charge in [-0.3, -0.25) is 0 Å². The van der Waals surface area contributed by atoms with Crippen LogP contribution in [-0.2, 0) is 5.41 Å². The Labute approximate surface area is 329 Å². The summed E-state index contributed by atoms with van der Waals surface area (Å²) in [6, 6.07) is 77.7. The molecule has 1 heteroatoms. The number of fused-ring (bicyclic) bond motifs is 4. The second-order valence-electron chi connectivity index (χ2n) is 15.3. The zero-order valence-electron chi connectivity index (χ0n) is 31.7. The number of rotatable bonds is 7. The van der Waals surface area contributed by atoms with Crippen molar-refractivity contribution in [1.29, 1.82) is 0 Å². The van der Waals surface area contributed by atoms with Crippen LogP contribution >= 0.6 is 0 Å². The summed E-state index contributed by atoms with van der Waals surface area (Å²) in [6.07, 6.45) is 0. The molecular weight excluding hydrogens is 675 g/mol. The summed E-state index contributed by atoms with van der Waals surface area (Å²) in [5.74, 6) is 0. The van der Waals surface area contributed by atoms with Crippen LogP contribution < -0.4 is 4.90 Å². The smallest absolute Gasteiger partial charge is 0.0546 e. The lowest BCUT2D eigenvalue weighted by molar-refractivity contribution is 0.662. The lowest BCUT2D eigenvalue weighted by Crippen LogP contribution is -2.16. The number of benzene rings is 9. The zero-order chi connectivity index (χ0) is 37.6. The molecule has 1 aliphatic carbocycles. The number of hydrogen-bond acceptors (Lipinski definition) is 1. The van der Waals surface area contributed by atoms with Crippen LogP contribution in [0.1, 0.15) is 25.0 Å². The monoisotopic (exact) mass is 715 g/mol. The number of hydrogen-bond donors (Lipinski definition) is 0. The van der Waals surface area contributed by atoms with E-state index in [1.165, 1.54) is 77.5 Å². The fraction of sp³-hybridized carbons (Fsp3) is 0.0545. The van der Waals surface area contributed by atoms with Crippen molar-refractivity contribution in [1.82, 2.24) is 0 Å². The molecule has 0 aromatic heterocycles. The molecule has 0 aliphatic heterocycles. The predicted molar refractivity (Wildman–Crippen MR) is 238 cm³/mol. The molecule has 0 bridgehead atoms. The molecular formula is C55H41N. The van der Waals surface area contributed by atoms with Gasteiger partial charge in [-0.1, -0.05) is 196 Å². The Morgan fingerprint density at radius 1 is 0.339 bits per heavy atom. The molecule has 0 unspecified atom stereocenters. The maximum Gasteiger partial charge on any atom is 0.0546 e. The highest BCUT2D eigenvalue weighted by Gasteiger charge is 2.37. The van der Waals surface area contributed by atoms with E-state index in [2.05, 4.69) is 231 Å². The zero-order valence-corrected chi connectivity index (χ0v) is 31.7. The Morgan fingerprint density at radius 2 is 0.875 bits per heavy atom. The Bertz CT molecular complexity index is 2880. The van der Waals surface area contributed by atoms with Gasteiger partial charge in [0.15, 0.2) is 0 Å². The van der Waals surface area contributed by atoms with Crippen molar-refractivity contribution in [2.24, 2.45) is 0 Å². The first kappa shape index (κ1) is 33.6. The standard InChI is InChI=1S/C55H41N/c1-55(2)51-32-14-13-27-48(51)50-31-16-30-47(54(50)55)42-24-15-25-43(37-42)56(44-35-34-38-18-9-10-23-41(38)36-44)52-33-17-29-46(40-21-7-4-8-22-40)53(52)49-28-12-11-26-45(49)39-19-5-3-6-20-39/h3-37H,1-2H3. The Kier molecular flexibility index (Phi) is 8.23. The van der Waals surface area contributed by atoms with Gasteiger partial charge in [-0.15, -0.1) is 0 Å². The lowest BCUT2D eigenvalue weighted by atomic mass is 9.79. The van der Waals surface area contributed by atoms with E-state index in [1.807, 2.05) is 0 Å². The Hall–Kier alpha value is -6.96. The van der Waals surface area contributed by atoms with Crippen LogP contribution in [-0.4, -0.2) is 0 Å². The van der Waals surface area contributed by atoms with Gasteiger partial charge >= 0.3 is 0 Å². The molecule has 0 radical (unpaired) electrons. The van der Waals surface area contributed by atoms with E-state index in [9.17, 15) is 0 Å². The van der Waals surface area contributed by atoms with Crippen molar-refractivity contribution < 1.29 is 0 Å². The highest BCUT2D eigenvalue weighted by molar-refractivity contribution is 6.02. The van der Waals surface area contributed by atoms with Crippen LogP contribution in [0.2, 0.25) is 0 Å². The van der Waals surface area contributed by atoms with Crippen LogP contribution in [0, 0.1) is 0 Å². The van der Waals surface area contributed by atoms with Crippen molar-refractivity contribution >= 4 is 27.8 Å². The van der Waals surface area contributed by atoms with E-state index < -0.39 is 0 Å². The largest absolute Gasteiger partial charge is 0.310 e. The molecule has 0 saturated heterocycles. The van der Waals surface area contributed by atoms with Crippen molar-refractivity contribution in [2.75, 3.05) is 4.90 Å². The average molecular weight is 716 g/mol. The van der Waals surface area contributed by atoms with E-state index in [4.69, 9.17) is 0 Å². The summed E-state index contributed by atoms with van der Waals surface area (Å²) in [7, 11) is 0. The minimum atomic E-state index is -0.130. The van der Waals surface area contributed by atoms with Crippen molar-refractivity contribution in [3.8, 4) is 55.6 Å². The second kappa shape index (κ2) is 13.7. The van der Waals surface area contributed by atoms with Crippen LogP contribution in [0.25, 0.3) is 66.4 Å². The van der Waals surface area contributed by atoms with Gasteiger partial charge in [0.25, 0.3) is 0 Å². The van der Waals surface area contributed by atoms with Gasteiger partial charge in [-0.05, 0) is 102 Å². The molecule has 0 spiro atoms. The van der Waals surface area contributed by atoms with Crippen LogP contribution in [0.3, 0.4) is 0 Å². The molecule has 0 saturated carbocycles. The van der Waals surface area contributed by atoms with Crippen LogP contribution in [0.5, 0.6) is 0 Å². The Balaban J connectivity index is 1.25. The summed E-state index contributed by atoms with van der Waals surface area (Å²) in [5, 5.41) is 2.43. The minimum Gasteiger partial charge on any atom is -0.310 e. The van der Waals surface area contributed by atoms with E-state index in [1.54, 1.807) is 0 Å². The molecule has 0 amide bonds. The Morgan fingerprint density at radius 3 is 1.66 bits per heavy atom. The normalized spacial score (nSPS) is 12.6. The molecule has 0 heterocycles. The molecule has 10 rings (SSSR count). The fourth-order valence-corrected chi connectivity index (χ4v) is 9.08. The van der Waals surface area contributed by atoms with Gasteiger partial charge in [0.1, 0.15) is 0 Å². The molecule has 0 N–H and O–H groups in total. The predicted octanol–water partition coefficient (Wildman–Crippen LogP) is 15.3. The topological polar surface area (TPSA) is 3.24 Å². The minimum absolute atomic E-state index is 0.130. The van der Waals surface area contributed by atoms with E-state index >= 15 is 0 Å². The first-order valence-electron chi connectivity index (χ1n) is 19.5. The van der Waals surface area contributed by atoms with Crippen molar-refractivity contribution in [2.45, 2.75) is 19.3 Å².